The van der Waals surface area contributed by atoms with Gasteiger partial charge in [-0.3, -0.25) is 0 Å². The largest absolute Gasteiger partial charge is 0.383 e. The molecule has 1 saturated heterocycles. The first-order chi connectivity index (χ1) is 6.68. The summed E-state index contributed by atoms with van der Waals surface area (Å²) in [6, 6.07) is 1.85. The van der Waals surface area contributed by atoms with Crippen molar-refractivity contribution in [1.29, 1.82) is 0 Å². The van der Waals surface area contributed by atoms with Gasteiger partial charge in [-0.05, 0) is 31.3 Å². The summed E-state index contributed by atoms with van der Waals surface area (Å²) in [5.74, 6) is 0.579. The van der Waals surface area contributed by atoms with E-state index in [-0.39, 0.29) is 5.60 Å². The third kappa shape index (κ3) is 2.16. The van der Waals surface area contributed by atoms with Gasteiger partial charge in [0.15, 0.2) is 0 Å². The number of nitrogens with one attached hydrogen (secondary N) is 1. The minimum absolute atomic E-state index is 0.0151. The van der Waals surface area contributed by atoms with Crippen molar-refractivity contribution >= 4 is 22.4 Å². The Kier molecular flexibility index (Phi) is 2.60. The molecule has 1 aromatic heterocycles. The molecule has 1 unspecified atom stereocenters. The van der Waals surface area contributed by atoms with Gasteiger partial charge in [0.2, 0.25) is 0 Å². The Balaban J connectivity index is 1.87. The van der Waals surface area contributed by atoms with Crippen molar-refractivity contribution in [3.8, 4) is 0 Å². The first-order valence-corrected chi connectivity index (χ1v) is 5.55. The molecule has 1 aliphatic rings. The maximum Gasteiger partial charge on any atom is 0.139 e. The van der Waals surface area contributed by atoms with Gasteiger partial charge < -0.3 is 15.8 Å². The minimum atomic E-state index is -0.0151. The molecular weight excluding hydrogens is 198 g/mol. The lowest BCUT2D eigenvalue weighted by Gasteiger charge is -2.23. The van der Waals surface area contributed by atoms with E-state index in [1.165, 1.54) is 11.5 Å². The number of nitrogen functional groups attached to an aromatic ring is 1. The van der Waals surface area contributed by atoms with E-state index in [2.05, 4.69) is 16.6 Å². The second kappa shape index (κ2) is 3.74. The van der Waals surface area contributed by atoms with Crippen LogP contribution in [0, 0.1) is 0 Å². The van der Waals surface area contributed by atoms with E-state index in [4.69, 9.17) is 10.5 Å². The molecule has 0 aliphatic carbocycles. The Morgan fingerprint density at radius 3 is 3.21 bits per heavy atom. The van der Waals surface area contributed by atoms with Gasteiger partial charge in [-0.25, -0.2) is 0 Å². The van der Waals surface area contributed by atoms with Crippen LogP contribution in [0.5, 0.6) is 0 Å². The van der Waals surface area contributed by atoms with Crippen LogP contribution in [-0.4, -0.2) is 23.1 Å². The molecule has 0 bridgehead atoms. The number of ether oxygens (including phenoxy) is 1. The van der Waals surface area contributed by atoms with Crippen LogP contribution in [0.4, 0.5) is 10.8 Å². The normalized spacial score (nSPS) is 26.6. The molecule has 1 aromatic rings. The number of hydrogen-bond acceptors (Lipinski definition) is 5. The standard InChI is InChI=1S/C9H15N3OS/c1-9(3-2-4-13-9)6-11-8-5-7(10)12-14-8/h5,11H,2-4,6H2,1H3,(H2,10,12). The highest BCUT2D eigenvalue weighted by molar-refractivity contribution is 7.10. The maximum atomic E-state index is 5.66. The smallest absolute Gasteiger partial charge is 0.139 e. The average molecular weight is 213 g/mol. The molecule has 0 aromatic carbocycles. The molecule has 0 amide bonds. The van der Waals surface area contributed by atoms with Crippen molar-refractivity contribution in [2.24, 2.45) is 0 Å². The average Bonchev–Trinajstić information content (AvgIpc) is 2.73. The summed E-state index contributed by atoms with van der Waals surface area (Å²) in [5, 5.41) is 4.31. The lowest BCUT2D eigenvalue weighted by atomic mass is 10.0. The molecule has 3 N–H and O–H groups in total. The highest BCUT2D eigenvalue weighted by Gasteiger charge is 2.29. The van der Waals surface area contributed by atoms with Crippen LogP contribution >= 0.6 is 11.5 Å². The van der Waals surface area contributed by atoms with E-state index >= 15 is 0 Å². The maximum absolute atomic E-state index is 5.66. The number of rotatable bonds is 3. The summed E-state index contributed by atoms with van der Waals surface area (Å²) in [7, 11) is 0. The zero-order valence-corrected chi connectivity index (χ0v) is 9.06. The SMILES string of the molecule is CC1(CNc2cc(N)ns2)CCCO1. The Hall–Kier alpha value is -0.810. The van der Waals surface area contributed by atoms with Gasteiger partial charge in [-0.1, -0.05) is 0 Å². The highest BCUT2D eigenvalue weighted by atomic mass is 32.1. The molecule has 14 heavy (non-hydrogen) atoms. The molecule has 0 spiro atoms. The third-order valence-corrected chi connectivity index (χ3v) is 3.23. The molecule has 1 fully saturated rings. The lowest BCUT2D eigenvalue weighted by Crippen LogP contribution is -2.32. The molecule has 2 rings (SSSR count). The van der Waals surface area contributed by atoms with Gasteiger partial charge in [0.1, 0.15) is 10.8 Å². The molecule has 1 aliphatic heterocycles. The number of hydrogen-bond donors (Lipinski definition) is 2. The molecule has 2 heterocycles. The van der Waals surface area contributed by atoms with Gasteiger partial charge in [-0.15, -0.1) is 0 Å². The zero-order valence-electron chi connectivity index (χ0n) is 8.25. The summed E-state index contributed by atoms with van der Waals surface area (Å²) in [6.07, 6.45) is 2.28. The first kappa shape index (κ1) is 9.73. The first-order valence-electron chi connectivity index (χ1n) is 4.78. The van der Waals surface area contributed by atoms with Crippen molar-refractivity contribution in [2.45, 2.75) is 25.4 Å². The van der Waals surface area contributed by atoms with Gasteiger partial charge in [0, 0.05) is 19.2 Å². The van der Waals surface area contributed by atoms with Crippen LogP contribution in [0.25, 0.3) is 0 Å². The number of aromatic nitrogens is 1. The summed E-state index contributed by atoms with van der Waals surface area (Å²) in [5.41, 5.74) is 5.51. The fourth-order valence-electron chi connectivity index (χ4n) is 1.62. The fourth-order valence-corrected chi connectivity index (χ4v) is 2.19. The number of anilines is 2. The van der Waals surface area contributed by atoms with E-state index in [0.717, 1.165) is 31.0 Å². The van der Waals surface area contributed by atoms with Crippen LogP contribution < -0.4 is 11.1 Å². The van der Waals surface area contributed by atoms with E-state index in [1.807, 2.05) is 6.07 Å². The van der Waals surface area contributed by atoms with Crippen molar-refractivity contribution in [1.82, 2.24) is 4.37 Å². The van der Waals surface area contributed by atoms with Gasteiger partial charge in [-0.2, -0.15) is 4.37 Å². The van der Waals surface area contributed by atoms with E-state index < -0.39 is 0 Å². The monoisotopic (exact) mass is 213 g/mol. The second-order valence-electron chi connectivity index (χ2n) is 3.87. The molecule has 78 valence electrons. The fraction of sp³-hybridized carbons (Fsp3) is 0.667. The van der Waals surface area contributed by atoms with Gasteiger partial charge in [0.25, 0.3) is 0 Å². The lowest BCUT2D eigenvalue weighted by molar-refractivity contribution is 0.0316. The summed E-state index contributed by atoms with van der Waals surface area (Å²) < 4.78 is 9.66. The molecular formula is C9H15N3OS. The quantitative estimate of drug-likeness (QED) is 0.802. The van der Waals surface area contributed by atoms with Crippen molar-refractivity contribution in [3.05, 3.63) is 6.07 Å². The topological polar surface area (TPSA) is 60.2 Å². The number of nitrogens with two attached hydrogens (primary N) is 1. The van der Waals surface area contributed by atoms with Gasteiger partial charge in [0.05, 0.1) is 5.60 Å². The summed E-state index contributed by atoms with van der Waals surface area (Å²) in [4.78, 5) is 0. The van der Waals surface area contributed by atoms with E-state index in [0.29, 0.717) is 5.82 Å². The van der Waals surface area contributed by atoms with Crippen LogP contribution in [0.1, 0.15) is 19.8 Å². The van der Waals surface area contributed by atoms with Crippen LogP contribution in [0.2, 0.25) is 0 Å². The number of nitrogens with zero attached hydrogens (tertiary/aromatic N) is 1. The Labute approximate surface area is 87.6 Å². The Morgan fingerprint density at radius 2 is 2.64 bits per heavy atom. The van der Waals surface area contributed by atoms with Crippen molar-refractivity contribution in [2.75, 3.05) is 24.2 Å². The molecule has 0 radical (unpaired) electrons. The molecule has 0 saturated carbocycles. The summed E-state index contributed by atoms with van der Waals surface area (Å²) in [6.45, 7) is 3.84. The highest BCUT2D eigenvalue weighted by Crippen LogP contribution is 2.26. The van der Waals surface area contributed by atoms with Crippen molar-refractivity contribution in [3.63, 3.8) is 0 Å². The second-order valence-corrected chi connectivity index (χ2v) is 4.68. The van der Waals surface area contributed by atoms with Crippen LogP contribution in [-0.2, 0) is 4.74 Å². The van der Waals surface area contributed by atoms with E-state index in [1.54, 1.807) is 0 Å². The minimum Gasteiger partial charge on any atom is -0.383 e. The predicted octanol–water partition coefficient (Wildman–Crippen LogP) is 1.71. The molecule has 4 nitrogen and oxygen atoms in total. The van der Waals surface area contributed by atoms with Gasteiger partial charge >= 0.3 is 0 Å². The summed E-state index contributed by atoms with van der Waals surface area (Å²) >= 11 is 1.39. The molecule has 1 atom stereocenters. The Morgan fingerprint density at radius 1 is 1.79 bits per heavy atom. The van der Waals surface area contributed by atoms with Crippen LogP contribution in [0.15, 0.2) is 6.07 Å². The van der Waals surface area contributed by atoms with Crippen LogP contribution in [0.3, 0.4) is 0 Å². The van der Waals surface area contributed by atoms with Crippen molar-refractivity contribution < 1.29 is 4.74 Å². The predicted molar refractivity (Wildman–Crippen MR) is 58.6 cm³/mol. The third-order valence-electron chi connectivity index (χ3n) is 2.47. The Bertz CT molecular complexity index is 307. The zero-order chi connectivity index (χ0) is 10.0. The van der Waals surface area contributed by atoms with E-state index in [9.17, 15) is 0 Å². The molecule has 5 heteroatoms.